The minimum Gasteiger partial charge on any atom is -0.435 e. The average Bonchev–Trinajstić information content (AvgIpc) is 3.74. The van der Waals surface area contributed by atoms with Crippen LogP contribution < -0.4 is 0 Å². The number of oxazole rings is 1. The molecule has 0 atom stereocenters. The van der Waals surface area contributed by atoms with E-state index in [-0.39, 0.29) is 0 Å². The number of aromatic nitrogens is 4. The van der Waals surface area contributed by atoms with E-state index < -0.39 is 0 Å². The van der Waals surface area contributed by atoms with Crippen LogP contribution in [0.3, 0.4) is 0 Å². The highest BCUT2D eigenvalue weighted by atomic mass is 16.3. The van der Waals surface area contributed by atoms with Gasteiger partial charge in [-0.05, 0) is 79.5 Å². The van der Waals surface area contributed by atoms with Gasteiger partial charge in [-0.2, -0.15) is 0 Å². The topological polar surface area (TPSA) is 64.7 Å². The van der Waals surface area contributed by atoms with Crippen LogP contribution in [-0.2, 0) is 0 Å². The lowest BCUT2D eigenvalue weighted by atomic mass is 9.96. The molecule has 0 aliphatic heterocycles. The predicted molar refractivity (Wildman–Crippen MR) is 233 cm³/mol. The first-order chi connectivity index (χ1) is 28.2. The molecule has 57 heavy (non-hydrogen) atoms. The van der Waals surface area contributed by atoms with Crippen molar-refractivity contribution in [3.8, 4) is 67.9 Å². The van der Waals surface area contributed by atoms with Gasteiger partial charge in [0.15, 0.2) is 23.1 Å². The monoisotopic (exact) mass is 728 g/mol. The Morgan fingerprint density at radius 3 is 1.67 bits per heavy atom. The normalized spacial score (nSPS) is 11.5. The molecule has 9 aromatic carbocycles. The van der Waals surface area contributed by atoms with Crippen molar-refractivity contribution >= 4 is 43.4 Å². The van der Waals surface area contributed by atoms with E-state index in [0.29, 0.717) is 23.4 Å². The molecule has 0 fully saturated rings. The summed E-state index contributed by atoms with van der Waals surface area (Å²) in [7, 11) is 0. The van der Waals surface area contributed by atoms with E-state index in [9.17, 15) is 0 Å². The molecule has 0 aliphatic rings. The zero-order valence-corrected chi connectivity index (χ0v) is 30.7. The standard InChI is InChI=1S/C52H32N4O/c1-3-11-33(12-4-1)34-21-24-37(25-22-34)49-54-50(56-51(55-49)42-27-29-44-40(32-42)26-23-35-13-7-8-19-43(35)44)41-18-9-17-39(31-41)45-20-10-16-36-28-30-46-48(47(36)45)57-52(53-46)38-14-5-2-6-15-38/h1-32H. The summed E-state index contributed by atoms with van der Waals surface area (Å²) >= 11 is 0. The molecule has 0 N–H and O–H groups in total. The summed E-state index contributed by atoms with van der Waals surface area (Å²) in [5, 5.41) is 6.86. The summed E-state index contributed by atoms with van der Waals surface area (Å²) < 4.78 is 6.52. The maximum Gasteiger partial charge on any atom is 0.227 e. The minimum absolute atomic E-state index is 0.596. The van der Waals surface area contributed by atoms with E-state index in [4.69, 9.17) is 24.4 Å². The molecule has 0 saturated carbocycles. The lowest BCUT2D eigenvalue weighted by Crippen LogP contribution is -2.00. The van der Waals surface area contributed by atoms with E-state index in [1.54, 1.807) is 0 Å². The first-order valence-corrected chi connectivity index (χ1v) is 19.0. The Balaban J connectivity index is 1.06. The van der Waals surface area contributed by atoms with Gasteiger partial charge < -0.3 is 4.42 Å². The number of nitrogens with zero attached hydrogens (tertiary/aromatic N) is 4. The molecule has 0 amide bonds. The molecular formula is C52H32N4O. The number of hydrogen-bond acceptors (Lipinski definition) is 5. The molecule has 5 heteroatoms. The first kappa shape index (κ1) is 32.7. The second kappa shape index (κ2) is 13.5. The second-order valence-electron chi connectivity index (χ2n) is 14.3. The molecule has 266 valence electrons. The third-order valence-electron chi connectivity index (χ3n) is 10.7. The number of rotatable bonds is 6. The van der Waals surface area contributed by atoms with Gasteiger partial charge in [0.1, 0.15) is 5.52 Å². The van der Waals surface area contributed by atoms with Gasteiger partial charge in [-0.25, -0.2) is 19.9 Å². The van der Waals surface area contributed by atoms with Crippen molar-refractivity contribution in [3.63, 3.8) is 0 Å². The van der Waals surface area contributed by atoms with Crippen molar-refractivity contribution in [1.29, 1.82) is 0 Å². The van der Waals surface area contributed by atoms with Crippen molar-refractivity contribution in [3.05, 3.63) is 194 Å². The molecule has 0 bridgehead atoms. The van der Waals surface area contributed by atoms with Crippen molar-refractivity contribution in [2.24, 2.45) is 0 Å². The SMILES string of the molecule is c1ccc(-c2ccc(-c3nc(-c4cccc(-c5cccc6ccc7nc(-c8ccccc8)oc7c56)c4)nc(-c4ccc5c(ccc6ccccc65)c4)n3)cc2)cc1. The van der Waals surface area contributed by atoms with Crippen LogP contribution in [0.2, 0.25) is 0 Å². The van der Waals surface area contributed by atoms with Crippen molar-refractivity contribution in [2.45, 2.75) is 0 Å². The van der Waals surface area contributed by atoms with Crippen LogP contribution in [0.1, 0.15) is 0 Å². The maximum atomic E-state index is 6.52. The molecule has 0 radical (unpaired) electrons. The molecule has 5 nitrogen and oxygen atoms in total. The van der Waals surface area contributed by atoms with Gasteiger partial charge in [-0.3, -0.25) is 0 Å². The van der Waals surface area contributed by atoms with Crippen LogP contribution in [0.4, 0.5) is 0 Å². The Kier molecular flexibility index (Phi) is 7.74. The molecule has 2 aromatic heterocycles. The molecule has 11 aromatic rings. The summed E-state index contributed by atoms with van der Waals surface area (Å²) in [4.78, 5) is 20.3. The van der Waals surface area contributed by atoms with Gasteiger partial charge in [-0.15, -0.1) is 0 Å². The first-order valence-electron chi connectivity index (χ1n) is 19.0. The van der Waals surface area contributed by atoms with E-state index in [1.165, 1.54) is 16.2 Å². The van der Waals surface area contributed by atoms with Crippen LogP contribution in [-0.4, -0.2) is 19.9 Å². The van der Waals surface area contributed by atoms with Gasteiger partial charge in [0, 0.05) is 27.6 Å². The fraction of sp³-hybridized carbons (Fsp3) is 0. The van der Waals surface area contributed by atoms with Gasteiger partial charge in [0.25, 0.3) is 0 Å². The van der Waals surface area contributed by atoms with E-state index in [1.807, 2.05) is 42.5 Å². The Morgan fingerprint density at radius 2 is 0.860 bits per heavy atom. The number of hydrogen-bond donors (Lipinski definition) is 0. The highest BCUT2D eigenvalue weighted by molar-refractivity contribution is 6.11. The van der Waals surface area contributed by atoms with E-state index in [2.05, 4.69) is 152 Å². The van der Waals surface area contributed by atoms with Crippen LogP contribution in [0, 0.1) is 0 Å². The quantitative estimate of drug-likeness (QED) is 0.160. The van der Waals surface area contributed by atoms with Gasteiger partial charge in [0.2, 0.25) is 5.89 Å². The van der Waals surface area contributed by atoms with Gasteiger partial charge in [-0.1, -0.05) is 164 Å². The van der Waals surface area contributed by atoms with Crippen LogP contribution in [0.15, 0.2) is 199 Å². The van der Waals surface area contributed by atoms with E-state index in [0.717, 1.165) is 71.8 Å². The fourth-order valence-corrected chi connectivity index (χ4v) is 7.88. The number of fused-ring (bicyclic) bond motifs is 6. The van der Waals surface area contributed by atoms with Gasteiger partial charge in [0.05, 0.1) is 0 Å². The van der Waals surface area contributed by atoms with Crippen LogP contribution in [0.5, 0.6) is 0 Å². The molecule has 2 heterocycles. The minimum atomic E-state index is 0.596. The molecule has 0 aliphatic carbocycles. The average molecular weight is 729 g/mol. The zero-order chi connectivity index (χ0) is 37.7. The lowest BCUT2D eigenvalue weighted by molar-refractivity contribution is 0.623. The molecular weight excluding hydrogens is 697 g/mol. The zero-order valence-electron chi connectivity index (χ0n) is 30.7. The fourth-order valence-electron chi connectivity index (χ4n) is 7.88. The smallest absolute Gasteiger partial charge is 0.227 e. The molecule has 0 unspecified atom stereocenters. The number of benzene rings is 9. The lowest BCUT2D eigenvalue weighted by Gasteiger charge is -2.12. The third-order valence-corrected chi connectivity index (χ3v) is 10.7. The highest BCUT2D eigenvalue weighted by Crippen LogP contribution is 2.38. The summed E-state index contributed by atoms with van der Waals surface area (Å²) in [6, 6.07) is 67.1. The van der Waals surface area contributed by atoms with Crippen molar-refractivity contribution < 1.29 is 4.42 Å². The second-order valence-corrected chi connectivity index (χ2v) is 14.3. The van der Waals surface area contributed by atoms with Crippen molar-refractivity contribution in [1.82, 2.24) is 19.9 Å². The predicted octanol–water partition coefficient (Wildman–Crippen LogP) is 13.5. The summed E-state index contributed by atoms with van der Waals surface area (Å²) in [5.41, 5.74) is 9.62. The van der Waals surface area contributed by atoms with Crippen LogP contribution >= 0.6 is 0 Å². The Hall–Kier alpha value is -7.76. The Labute approximate surface area is 328 Å². The van der Waals surface area contributed by atoms with E-state index >= 15 is 0 Å². The molecule has 11 rings (SSSR count). The largest absolute Gasteiger partial charge is 0.435 e. The Morgan fingerprint density at radius 1 is 0.316 bits per heavy atom. The summed E-state index contributed by atoms with van der Waals surface area (Å²) in [5.74, 6) is 2.43. The Bertz CT molecular complexity index is 3280. The molecule has 0 spiro atoms. The summed E-state index contributed by atoms with van der Waals surface area (Å²) in [6.45, 7) is 0. The highest BCUT2D eigenvalue weighted by Gasteiger charge is 2.17. The maximum absolute atomic E-state index is 6.52. The van der Waals surface area contributed by atoms with Crippen LogP contribution in [0.25, 0.3) is 111 Å². The van der Waals surface area contributed by atoms with Crippen molar-refractivity contribution in [2.75, 3.05) is 0 Å². The summed E-state index contributed by atoms with van der Waals surface area (Å²) in [6.07, 6.45) is 0. The van der Waals surface area contributed by atoms with Gasteiger partial charge >= 0.3 is 0 Å². The third kappa shape index (κ3) is 5.90. The molecule has 0 saturated heterocycles.